The van der Waals surface area contributed by atoms with Gasteiger partial charge in [-0.25, -0.2) is 8.78 Å². The summed E-state index contributed by atoms with van der Waals surface area (Å²) in [6, 6.07) is 8.35. The Labute approximate surface area is 157 Å². The van der Waals surface area contributed by atoms with Crippen molar-refractivity contribution in [2.75, 3.05) is 18.0 Å². The van der Waals surface area contributed by atoms with E-state index in [4.69, 9.17) is 0 Å². The third-order valence-corrected chi connectivity index (χ3v) is 5.83. The highest BCUT2D eigenvalue weighted by Gasteiger charge is 2.48. The monoisotopic (exact) mass is 371 g/mol. The number of amides is 1. The van der Waals surface area contributed by atoms with Crippen LogP contribution >= 0.6 is 0 Å². The average molecular weight is 371 g/mol. The Kier molecular flexibility index (Phi) is 4.36. The summed E-state index contributed by atoms with van der Waals surface area (Å²) in [5.74, 6) is -0.796. The predicted molar refractivity (Wildman–Crippen MR) is 99.6 cm³/mol. The largest absolute Gasteiger partial charge is 0.363 e. The Morgan fingerprint density at radius 2 is 1.93 bits per heavy atom. The van der Waals surface area contributed by atoms with Crippen molar-refractivity contribution >= 4 is 11.6 Å². The Balaban J connectivity index is 1.56. The molecule has 142 valence electrons. The van der Waals surface area contributed by atoms with Gasteiger partial charge in [-0.2, -0.15) is 0 Å². The van der Waals surface area contributed by atoms with E-state index < -0.39 is 5.82 Å². The second kappa shape index (κ2) is 6.59. The summed E-state index contributed by atoms with van der Waals surface area (Å²) in [6.07, 6.45) is 4.26. The number of benzene rings is 1. The second-order valence-electron chi connectivity index (χ2n) is 8.09. The van der Waals surface area contributed by atoms with Crippen molar-refractivity contribution in [1.82, 2.24) is 9.88 Å². The van der Waals surface area contributed by atoms with Crippen LogP contribution in [0.1, 0.15) is 37.0 Å². The van der Waals surface area contributed by atoms with Gasteiger partial charge in [-0.05, 0) is 62.9 Å². The Morgan fingerprint density at radius 1 is 1.19 bits per heavy atom. The van der Waals surface area contributed by atoms with Crippen LogP contribution in [0.15, 0.2) is 42.7 Å². The Hall–Kier alpha value is -2.50. The molecule has 4 rings (SSSR count). The fourth-order valence-electron chi connectivity index (χ4n) is 4.80. The van der Waals surface area contributed by atoms with Crippen LogP contribution in [-0.2, 0) is 0 Å². The van der Waals surface area contributed by atoms with Gasteiger partial charge in [0.1, 0.15) is 5.82 Å². The number of anilines is 1. The van der Waals surface area contributed by atoms with Crippen LogP contribution in [0.4, 0.5) is 14.5 Å². The molecule has 2 aliphatic rings. The van der Waals surface area contributed by atoms with E-state index in [1.165, 1.54) is 24.4 Å². The zero-order valence-corrected chi connectivity index (χ0v) is 15.5. The molecule has 1 aromatic heterocycles. The first-order chi connectivity index (χ1) is 12.9. The summed E-state index contributed by atoms with van der Waals surface area (Å²) in [7, 11) is 0. The lowest BCUT2D eigenvalue weighted by Crippen LogP contribution is -2.50. The number of likely N-dealkylation sites (tertiary alicyclic amines) is 1. The summed E-state index contributed by atoms with van der Waals surface area (Å²) >= 11 is 0. The molecule has 1 amide bonds. The number of carbonyl (C=O) groups is 1. The molecule has 2 saturated heterocycles. The minimum atomic E-state index is -0.579. The van der Waals surface area contributed by atoms with E-state index in [2.05, 4.69) is 23.7 Å². The van der Waals surface area contributed by atoms with Gasteiger partial charge in [0.2, 0.25) is 0 Å². The smallest absolute Gasteiger partial charge is 0.256 e. The zero-order chi connectivity index (χ0) is 19.2. The number of hydrogen-bond donors (Lipinski definition) is 0. The van der Waals surface area contributed by atoms with Crippen molar-refractivity contribution in [2.45, 2.75) is 38.3 Å². The van der Waals surface area contributed by atoms with Gasteiger partial charge in [0.15, 0.2) is 5.82 Å². The van der Waals surface area contributed by atoms with E-state index in [-0.39, 0.29) is 28.9 Å². The summed E-state index contributed by atoms with van der Waals surface area (Å²) in [5, 5.41) is 0. The molecule has 0 unspecified atom stereocenters. The highest BCUT2D eigenvalue weighted by atomic mass is 19.1. The van der Waals surface area contributed by atoms with Crippen LogP contribution in [0, 0.1) is 17.6 Å². The second-order valence-corrected chi connectivity index (χ2v) is 8.09. The molecule has 0 radical (unpaired) electrons. The van der Waals surface area contributed by atoms with E-state index in [1.54, 1.807) is 4.90 Å². The molecule has 2 aliphatic heterocycles. The van der Waals surface area contributed by atoms with Gasteiger partial charge in [0, 0.05) is 36.6 Å². The molecule has 2 fully saturated rings. The Morgan fingerprint density at radius 3 is 2.63 bits per heavy atom. The van der Waals surface area contributed by atoms with Crippen LogP contribution in [-0.4, -0.2) is 40.5 Å². The maximum atomic E-state index is 14.0. The van der Waals surface area contributed by atoms with E-state index in [1.807, 2.05) is 12.1 Å². The lowest BCUT2D eigenvalue weighted by Gasteiger charge is -2.42. The molecule has 0 N–H and O–H groups in total. The highest BCUT2D eigenvalue weighted by molar-refractivity contribution is 5.94. The molecule has 27 heavy (non-hydrogen) atoms. The van der Waals surface area contributed by atoms with Gasteiger partial charge in [0.05, 0.1) is 11.8 Å². The number of fused-ring (bicyclic) bond motifs is 1. The van der Waals surface area contributed by atoms with Gasteiger partial charge >= 0.3 is 0 Å². The molecular formula is C21H23F2N3O. The number of rotatable bonds is 2. The van der Waals surface area contributed by atoms with Gasteiger partial charge in [-0.3, -0.25) is 9.78 Å². The van der Waals surface area contributed by atoms with E-state index >= 15 is 0 Å². The fourth-order valence-corrected chi connectivity index (χ4v) is 4.80. The summed E-state index contributed by atoms with van der Waals surface area (Å²) in [4.78, 5) is 20.6. The molecule has 0 aliphatic carbocycles. The van der Waals surface area contributed by atoms with Crippen LogP contribution < -0.4 is 4.90 Å². The van der Waals surface area contributed by atoms with Crippen LogP contribution in [0.3, 0.4) is 0 Å². The van der Waals surface area contributed by atoms with Crippen LogP contribution in [0.25, 0.3) is 0 Å². The molecule has 0 bridgehead atoms. The fraction of sp³-hybridized carbons (Fsp3) is 0.429. The molecule has 1 aromatic carbocycles. The first kappa shape index (κ1) is 17.9. The van der Waals surface area contributed by atoms with E-state index in [0.29, 0.717) is 19.0 Å². The zero-order valence-electron chi connectivity index (χ0n) is 15.5. The number of piperidine rings is 1. The Bertz CT molecular complexity index is 853. The molecule has 3 heterocycles. The van der Waals surface area contributed by atoms with Crippen molar-refractivity contribution in [3.8, 4) is 0 Å². The molecule has 2 aromatic rings. The first-order valence-corrected chi connectivity index (χ1v) is 9.30. The van der Waals surface area contributed by atoms with Crippen molar-refractivity contribution in [2.24, 2.45) is 5.92 Å². The van der Waals surface area contributed by atoms with Crippen molar-refractivity contribution in [3.05, 3.63) is 59.9 Å². The topological polar surface area (TPSA) is 36.4 Å². The summed E-state index contributed by atoms with van der Waals surface area (Å²) < 4.78 is 27.3. The van der Waals surface area contributed by atoms with Crippen molar-refractivity contribution in [3.63, 3.8) is 0 Å². The number of hydrogen-bond acceptors (Lipinski definition) is 3. The molecule has 0 saturated carbocycles. The lowest BCUT2D eigenvalue weighted by molar-refractivity contribution is 0.0662. The number of aromatic nitrogens is 1. The standard InChI is InChI=1S/C21H23F2N3O/c1-21(2)11-14-13-25(20(27)17-7-9-24-12-18(17)23)10-8-19(14)26(21)16-5-3-15(22)4-6-16/h3-7,9,12,14,19H,8,10-11,13H2,1-2H3/t14-,19+/m1/s1. The third kappa shape index (κ3) is 3.17. The normalized spacial score (nSPS) is 24.0. The SMILES string of the molecule is CC1(C)C[C@@H]2CN(C(=O)c3ccncc3F)CC[C@@H]2N1c1ccc(F)cc1. The number of carbonyl (C=O) groups excluding carboxylic acids is 1. The summed E-state index contributed by atoms with van der Waals surface area (Å²) in [5.41, 5.74) is 0.999. The third-order valence-electron chi connectivity index (χ3n) is 5.83. The van der Waals surface area contributed by atoms with Crippen LogP contribution in [0.2, 0.25) is 0 Å². The van der Waals surface area contributed by atoms with Gasteiger partial charge in [-0.1, -0.05) is 0 Å². The van der Waals surface area contributed by atoms with Crippen molar-refractivity contribution in [1.29, 1.82) is 0 Å². The first-order valence-electron chi connectivity index (χ1n) is 9.30. The molecule has 2 atom stereocenters. The van der Waals surface area contributed by atoms with Gasteiger partial charge in [0.25, 0.3) is 5.91 Å². The molecule has 6 heteroatoms. The van der Waals surface area contributed by atoms with E-state index in [9.17, 15) is 13.6 Å². The summed E-state index contributed by atoms with van der Waals surface area (Å²) in [6.45, 7) is 5.55. The molecular weight excluding hydrogens is 348 g/mol. The molecule has 0 spiro atoms. The highest BCUT2D eigenvalue weighted by Crippen LogP contribution is 2.44. The van der Waals surface area contributed by atoms with Crippen LogP contribution in [0.5, 0.6) is 0 Å². The van der Waals surface area contributed by atoms with E-state index in [0.717, 1.165) is 24.7 Å². The van der Waals surface area contributed by atoms with Gasteiger partial charge < -0.3 is 9.80 Å². The maximum absolute atomic E-state index is 14.0. The van der Waals surface area contributed by atoms with Gasteiger partial charge in [-0.15, -0.1) is 0 Å². The van der Waals surface area contributed by atoms with Crippen molar-refractivity contribution < 1.29 is 13.6 Å². The average Bonchev–Trinajstić information content (AvgIpc) is 2.91. The minimum Gasteiger partial charge on any atom is -0.363 e. The molecule has 4 nitrogen and oxygen atoms in total. The lowest BCUT2D eigenvalue weighted by atomic mass is 9.89. The minimum absolute atomic E-state index is 0.0797. The number of halogens is 2. The predicted octanol–water partition coefficient (Wildman–Crippen LogP) is 3.88. The quantitative estimate of drug-likeness (QED) is 0.804. The maximum Gasteiger partial charge on any atom is 0.256 e. The number of nitrogens with zero attached hydrogens (tertiary/aromatic N) is 3. The number of pyridine rings is 1.